The highest BCUT2D eigenvalue weighted by molar-refractivity contribution is 5.83. The third kappa shape index (κ3) is 2.06. The minimum Gasteiger partial charge on any atom is -0.481 e. The second-order valence-electron chi connectivity index (χ2n) is 5.06. The van der Waals surface area contributed by atoms with Gasteiger partial charge in [-0.2, -0.15) is 13.2 Å². The summed E-state index contributed by atoms with van der Waals surface area (Å²) in [6.07, 6.45) is -2.95. The molecule has 0 radical (unpaired) electrons. The number of alkyl halides is 3. The molecule has 1 amide bonds. The number of nitrogens with zero attached hydrogens (tertiary/aromatic N) is 1. The van der Waals surface area contributed by atoms with Crippen molar-refractivity contribution in [1.82, 2.24) is 4.90 Å². The normalized spacial score (nSPS) is 26.8. The van der Waals surface area contributed by atoms with E-state index in [0.717, 1.165) is 11.3 Å². The van der Waals surface area contributed by atoms with Gasteiger partial charge in [-0.25, -0.2) is 0 Å². The smallest absolute Gasteiger partial charge is 0.471 e. The van der Waals surface area contributed by atoms with E-state index in [2.05, 4.69) is 0 Å². The summed E-state index contributed by atoms with van der Waals surface area (Å²) in [7, 11) is 0. The van der Waals surface area contributed by atoms with Gasteiger partial charge in [-0.3, -0.25) is 9.59 Å². The molecule has 1 unspecified atom stereocenters. The maximum absolute atomic E-state index is 12.5. The molecule has 0 bridgehead atoms. The summed E-state index contributed by atoms with van der Waals surface area (Å²) >= 11 is 0. The number of carboxylic acid groups (broad SMARTS) is 1. The molecule has 1 spiro atoms. The fourth-order valence-electron chi connectivity index (χ4n) is 2.93. The lowest BCUT2D eigenvalue weighted by atomic mass is 9.67. The molecular formula is C11H14F3NO3. The molecule has 0 aromatic rings. The molecule has 7 heteroatoms. The molecule has 1 aliphatic heterocycles. The predicted octanol–water partition coefficient (Wildman–Crippen LogP) is 1.79. The number of halogens is 3. The Kier molecular flexibility index (Phi) is 3.03. The number of aliphatic carboxylic acids is 1. The second kappa shape index (κ2) is 4.13. The second-order valence-corrected chi connectivity index (χ2v) is 5.06. The number of hydrogen-bond acceptors (Lipinski definition) is 2. The van der Waals surface area contributed by atoms with Gasteiger partial charge in [0.25, 0.3) is 0 Å². The quantitative estimate of drug-likeness (QED) is 0.786. The van der Waals surface area contributed by atoms with Crippen LogP contribution in [0.1, 0.15) is 32.1 Å². The average molecular weight is 265 g/mol. The van der Waals surface area contributed by atoms with Crippen LogP contribution >= 0.6 is 0 Å². The van der Waals surface area contributed by atoms with E-state index < -0.39 is 29.5 Å². The van der Waals surface area contributed by atoms with Crippen molar-refractivity contribution in [2.24, 2.45) is 5.92 Å². The van der Waals surface area contributed by atoms with Crippen molar-refractivity contribution >= 4 is 11.9 Å². The standard InChI is InChI=1S/C11H14F3NO3/c12-11(13,14)9(18)15-5-2-7(8(16)17)6-10(15)3-1-4-10/h7H,1-6H2,(H,16,17). The van der Waals surface area contributed by atoms with Crippen LogP contribution in [-0.4, -0.2) is 40.1 Å². The first-order valence-corrected chi connectivity index (χ1v) is 5.88. The van der Waals surface area contributed by atoms with Gasteiger partial charge in [-0.1, -0.05) is 0 Å². The lowest BCUT2D eigenvalue weighted by Gasteiger charge is -2.54. The van der Waals surface area contributed by atoms with Crippen molar-refractivity contribution < 1.29 is 27.9 Å². The Hall–Kier alpha value is -1.27. The largest absolute Gasteiger partial charge is 0.481 e. The van der Waals surface area contributed by atoms with Crippen LogP contribution < -0.4 is 0 Å². The Morgan fingerprint density at radius 1 is 1.28 bits per heavy atom. The number of carboxylic acids is 1. The van der Waals surface area contributed by atoms with Crippen molar-refractivity contribution in [2.75, 3.05) is 6.54 Å². The van der Waals surface area contributed by atoms with Crippen molar-refractivity contribution in [3.63, 3.8) is 0 Å². The van der Waals surface area contributed by atoms with Crippen LogP contribution in [0.5, 0.6) is 0 Å². The molecule has 2 rings (SSSR count). The Balaban J connectivity index is 2.18. The van der Waals surface area contributed by atoms with E-state index in [0.29, 0.717) is 12.8 Å². The van der Waals surface area contributed by atoms with Crippen LogP contribution in [-0.2, 0) is 9.59 Å². The summed E-state index contributed by atoms with van der Waals surface area (Å²) in [4.78, 5) is 23.1. The van der Waals surface area contributed by atoms with Gasteiger partial charge in [0.2, 0.25) is 0 Å². The molecule has 1 atom stereocenters. The first-order chi connectivity index (χ1) is 8.26. The first kappa shape index (κ1) is 13.2. The molecule has 4 nitrogen and oxygen atoms in total. The lowest BCUT2D eigenvalue weighted by Crippen LogP contribution is -2.63. The minimum absolute atomic E-state index is 0.0961. The van der Waals surface area contributed by atoms with Crippen LogP contribution in [0.2, 0.25) is 0 Å². The Morgan fingerprint density at radius 3 is 2.28 bits per heavy atom. The number of carbonyl (C=O) groups excluding carboxylic acids is 1. The molecule has 18 heavy (non-hydrogen) atoms. The molecule has 1 heterocycles. The summed E-state index contributed by atoms with van der Waals surface area (Å²) in [5, 5.41) is 8.95. The zero-order chi connectivity index (χ0) is 13.6. The van der Waals surface area contributed by atoms with E-state index in [4.69, 9.17) is 5.11 Å². The maximum Gasteiger partial charge on any atom is 0.471 e. The molecule has 1 saturated heterocycles. The summed E-state index contributed by atoms with van der Waals surface area (Å²) in [5.41, 5.74) is -0.867. The van der Waals surface area contributed by atoms with E-state index in [1.807, 2.05) is 0 Å². The van der Waals surface area contributed by atoms with Crippen molar-refractivity contribution in [3.8, 4) is 0 Å². The molecule has 1 aliphatic carbocycles. The molecule has 102 valence electrons. The molecular weight excluding hydrogens is 251 g/mol. The number of carbonyl (C=O) groups is 2. The molecule has 0 aromatic carbocycles. The fourth-order valence-corrected chi connectivity index (χ4v) is 2.93. The van der Waals surface area contributed by atoms with Crippen LogP contribution in [0.15, 0.2) is 0 Å². The van der Waals surface area contributed by atoms with Gasteiger partial charge < -0.3 is 10.0 Å². The number of piperidine rings is 1. The van der Waals surface area contributed by atoms with Crippen molar-refractivity contribution in [3.05, 3.63) is 0 Å². The van der Waals surface area contributed by atoms with E-state index in [1.165, 1.54) is 0 Å². The summed E-state index contributed by atoms with van der Waals surface area (Å²) in [6, 6.07) is 0. The number of likely N-dealkylation sites (tertiary alicyclic amines) is 1. The molecule has 2 aliphatic rings. The van der Waals surface area contributed by atoms with Gasteiger partial charge in [-0.15, -0.1) is 0 Å². The van der Waals surface area contributed by atoms with Crippen molar-refractivity contribution in [1.29, 1.82) is 0 Å². The Bertz CT molecular complexity index is 376. The van der Waals surface area contributed by atoms with E-state index in [9.17, 15) is 22.8 Å². The summed E-state index contributed by atoms with van der Waals surface area (Å²) in [5.74, 6) is -3.45. The highest BCUT2D eigenvalue weighted by Crippen LogP contribution is 2.47. The number of amides is 1. The van der Waals surface area contributed by atoms with Gasteiger partial charge >= 0.3 is 18.1 Å². The third-order valence-corrected chi connectivity index (χ3v) is 4.02. The maximum atomic E-state index is 12.5. The molecule has 2 fully saturated rings. The van der Waals surface area contributed by atoms with Gasteiger partial charge in [0.1, 0.15) is 0 Å². The molecule has 0 aromatic heterocycles. The number of rotatable bonds is 1. The minimum atomic E-state index is -4.88. The lowest BCUT2D eigenvalue weighted by molar-refractivity contribution is -0.200. The zero-order valence-electron chi connectivity index (χ0n) is 9.66. The zero-order valence-corrected chi connectivity index (χ0v) is 9.66. The molecule has 1 saturated carbocycles. The van der Waals surface area contributed by atoms with Gasteiger partial charge in [-0.05, 0) is 32.1 Å². The van der Waals surface area contributed by atoms with Crippen LogP contribution in [0.4, 0.5) is 13.2 Å². The Labute approximate surface area is 102 Å². The van der Waals surface area contributed by atoms with Gasteiger partial charge in [0.05, 0.1) is 5.92 Å². The topological polar surface area (TPSA) is 57.6 Å². The van der Waals surface area contributed by atoms with E-state index >= 15 is 0 Å². The van der Waals surface area contributed by atoms with E-state index in [-0.39, 0.29) is 19.4 Å². The van der Waals surface area contributed by atoms with E-state index in [1.54, 1.807) is 0 Å². The van der Waals surface area contributed by atoms with Crippen LogP contribution in [0.3, 0.4) is 0 Å². The molecule has 1 N–H and O–H groups in total. The Morgan fingerprint density at radius 2 is 1.89 bits per heavy atom. The number of hydrogen-bond donors (Lipinski definition) is 1. The SMILES string of the molecule is O=C(O)C1CCN(C(=O)C(F)(F)F)C2(CCC2)C1. The van der Waals surface area contributed by atoms with Crippen LogP contribution in [0, 0.1) is 5.92 Å². The first-order valence-electron chi connectivity index (χ1n) is 5.88. The predicted molar refractivity (Wildman–Crippen MR) is 54.7 cm³/mol. The highest BCUT2D eigenvalue weighted by Gasteiger charge is 2.55. The fraction of sp³-hybridized carbons (Fsp3) is 0.818. The monoisotopic (exact) mass is 265 g/mol. The summed E-state index contributed by atoms with van der Waals surface area (Å²) < 4.78 is 37.5. The van der Waals surface area contributed by atoms with Crippen molar-refractivity contribution in [2.45, 2.75) is 43.8 Å². The third-order valence-electron chi connectivity index (χ3n) is 4.02. The van der Waals surface area contributed by atoms with Gasteiger partial charge in [0, 0.05) is 12.1 Å². The average Bonchev–Trinajstić information content (AvgIpc) is 2.23. The van der Waals surface area contributed by atoms with Crippen LogP contribution in [0.25, 0.3) is 0 Å². The summed E-state index contributed by atoms with van der Waals surface area (Å²) in [6.45, 7) is -0.116. The van der Waals surface area contributed by atoms with Gasteiger partial charge in [0.15, 0.2) is 0 Å². The highest BCUT2D eigenvalue weighted by atomic mass is 19.4.